The Balaban J connectivity index is 1.52. The van der Waals surface area contributed by atoms with E-state index in [-0.39, 0.29) is 0 Å². The largest absolute Gasteiger partial charge is 0.341 e. The van der Waals surface area contributed by atoms with E-state index in [1.54, 1.807) is 0 Å². The van der Waals surface area contributed by atoms with Crippen molar-refractivity contribution in [1.82, 2.24) is 25.2 Å². The van der Waals surface area contributed by atoms with Crippen molar-refractivity contribution >= 4 is 0 Å². The Bertz CT molecular complexity index is 769. The number of nitrogens with zero attached hydrogens (tertiary/aromatic N) is 3. The van der Waals surface area contributed by atoms with E-state index in [0.29, 0.717) is 6.04 Å². The summed E-state index contributed by atoms with van der Waals surface area (Å²) in [5.74, 6) is 0.932. The number of imidazole rings is 1. The number of hydrogen-bond acceptors (Lipinski definition) is 4. The Labute approximate surface area is 141 Å². The normalized spacial score (nSPS) is 18.6. The van der Waals surface area contributed by atoms with Gasteiger partial charge in [0.1, 0.15) is 5.82 Å². The van der Waals surface area contributed by atoms with E-state index in [4.69, 9.17) is 0 Å². The topological polar surface area (TPSA) is 56.8 Å². The zero-order chi connectivity index (χ0) is 16.2. The van der Waals surface area contributed by atoms with Crippen LogP contribution in [0.4, 0.5) is 0 Å². The lowest BCUT2D eigenvalue weighted by Gasteiger charge is -2.36. The molecule has 0 saturated carbocycles. The zero-order valence-corrected chi connectivity index (χ0v) is 13.5. The van der Waals surface area contributed by atoms with Crippen LogP contribution >= 0.6 is 0 Å². The molecule has 1 unspecified atom stereocenters. The van der Waals surface area contributed by atoms with Gasteiger partial charge in [-0.3, -0.25) is 9.88 Å². The first-order valence-electron chi connectivity index (χ1n) is 8.34. The highest BCUT2D eigenvalue weighted by atomic mass is 15.2. The van der Waals surface area contributed by atoms with Crippen molar-refractivity contribution in [2.45, 2.75) is 12.6 Å². The number of piperazine rings is 1. The van der Waals surface area contributed by atoms with Crippen molar-refractivity contribution in [3.05, 3.63) is 72.3 Å². The van der Waals surface area contributed by atoms with Gasteiger partial charge in [-0.2, -0.15) is 0 Å². The fourth-order valence-corrected chi connectivity index (χ4v) is 3.25. The predicted octanol–water partition coefficient (Wildman–Crippen LogP) is 2.62. The quantitative estimate of drug-likeness (QED) is 0.776. The minimum atomic E-state index is 0.366. The number of hydrogen-bond donors (Lipinski definition) is 2. The monoisotopic (exact) mass is 319 g/mol. The maximum Gasteiger partial charge on any atom is 0.137 e. The first kappa shape index (κ1) is 15.1. The summed E-state index contributed by atoms with van der Waals surface area (Å²) in [7, 11) is 0. The van der Waals surface area contributed by atoms with E-state index in [2.05, 4.69) is 49.4 Å². The number of nitrogens with one attached hydrogen (secondary N) is 2. The summed E-state index contributed by atoms with van der Waals surface area (Å²) >= 11 is 0. The van der Waals surface area contributed by atoms with Crippen molar-refractivity contribution in [3.8, 4) is 11.4 Å². The lowest BCUT2D eigenvalue weighted by Crippen LogP contribution is -2.45. The Kier molecular flexibility index (Phi) is 4.36. The van der Waals surface area contributed by atoms with Crippen LogP contribution < -0.4 is 5.32 Å². The van der Waals surface area contributed by atoms with Gasteiger partial charge in [0.05, 0.1) is 0 Å². The molecule has 1 aliphatic heterocycles. The number of rotatable bonds is 4. The molecular weight excluding hydrogens is 298 g/mol. The molecule has 0 bridgehead atoms. The maximum absolute atomic E-state index is 4.54. The van der Waals surface area contributed by atoms with Crippen LogP contribution in [0.25, 0.3) is 11.4 Å². The Morgan fingerprint density at radius 3 is 2.75 bits per heavy atom. The SMILES string of the molecule is c1ccc(-c2ncc(CN3CCNCC3c3ccncc3)[nH]2)cc1. The molecule has 0 spiro atoms. The van der Waals surface area contributed by atoms with Crippen LogP contribution in [0.2, 0.25) is 0 Å². The van der Waals surface area contributed by atoms with Gasteiger partial charge >= 0.3 is 0 Å². The summed E-state index contributed by atoms with van der Waals surface area (Å²) in [6.07, 6.45) is 5.69. The lowest BCUT2D eigenvalue weighted by atomic mass is 10.0. The minimum Gasteiger partial charge on any atom is -0.341 e. The lowest BCUT2D eigenvalue weighted by molar-refractivity contribution is 0.152. The van der Waals surface area contributed by atoms with Crippen molar-refractivity contribution in [2.75, 3.05) is 19.6 Å². The van der Waals surface area contributed by atoms with E-state index in [9.17, 15) is 0 Å². The summed E-state index contributed by atoms with van der Waals surface area (Å²) in [6.45, 7) is 3.87. The molecule has 2 aromatic heterocycles. The van der Waals surface area contributed by atoms with Crippen LogP contribution in [-0.4, -0.2) is 39.5 Å². The fourth-order valence-electron chi connectivity index (χ4n) is 3.25. The van der Waals surface area contributed by atoms with Crippen molar-refractivity contribution < 1.29 is 0 Å². The van der Waals surface area contributed by atoms with Gasteiger partial charge in [0.25, 0.3) is 0 Å². The summed E-state index contributed by atoms with van der Waals surface area (Å²) in [5.41, 5.74) is 3.57. The predicted molar refractivity (Wildman–Crippen MR) is 94.3 cm³/mol. The van der Waals surface area contributed by atoms with Gasteiger partial charge in [0, 0.05) is 62.1 Å². The smallest absolute Gasteiger partial charge is 0.137 e. The molecule has 1 aromatic carbocycles. The summed E-state index contributed by atoms with van der Waals surface area (Å²) < 4.78 is 0. The van der Waals surface area contributed by atoms with Gasteiger partial charge in [0.15, 0.2) is 0 Å². The number of benzene rings is 1. The number of pyridine rings is 1. The molecule has 0 aliphatic carbocycles. The Morgan fingerprint density at radius 1 is 1.08 bits per heavy atom. The van der Waals surface area contributed by atoms with Gasteiger partial charge in [0.2, 0.25) is 0 Å². The first-order valence-corrected chi connectivity index (χ1v) is 8.34. The van der Waals surface area contributed by atoms with Crippen molar-refractivity contribution in [1.29, 1.82) is 0 Å². The molecule has 1 fully saturated rings. The third-order valence-electron chi connectivity index (χ3n) is 4.49. The molecule has 3 heterocycles. The van der Waals surface area contributed by atoms with Gasteiger partial charge in [-0.15, -0.1) is 0 Å². The third kappa shape index (κ3) is 3.22. The van der Waals surface area contributed by atoms with E-state index < -0.39 is 0 Å². The summed E-state index contributed by atoms with van der Waals surface area (Å²) in [4.78, 5) is 14.6. The number of aromatic nitrogens is 3. The molecular formula is C19H21N5. The van der Waals surface area contributed by atoms with Crippen LogP contribution in [0.5, 0.6) is 0 Å². The van der Waals surface area contributed by atoms with E-state index in [1.165, 1.54) is 5.56 Å². The minimum absolute atomic E-state index is 0.366. The maximum atomic E-state index is 4.54. The first-order chi connectivity index (χ1) is 11.9. The van der Waals surface area contributed by atoms with Crippen LogP contribution in [0, 0.1) is 0 Å². The number of aromatic amines is 1. The van der Waals surface area contributed by atoms with Gasteiger partial charge in [-0.05, 0) is 17.7 Å². The molecule has 0 radical (unpaired) electrons. The highest BCUT2D eigenvalue weighted by Gasteiger charge is 2.24. The molecule has 5 heteroatoms. The van der Waals surface area contributed by atoms with E-state index in [0.717, 1.165) is 43.3 Å². The summed E-state index contributed by atoms with van der Waals surface area (Å²) in [5, 5.41) is 3.49. The second-order valence-corrected chi connectivity index (χ2v) is 6.09. The summed E-state index contributed by atoms with van der Waals surface area (Å²) in [6, 6.07) is 14.8. The molecule has 1 saturated heterocycles. The van der Waals surface area contributed by atoms with E-state index in [1.807, 2.05) is 36.8 Å². The molecule has 2 N–H and O–H groups in total. The van der Waals surface area contributed by atoms with Crippen LogP contribution in [0.15, 0.2) is 61.1 Å². The highest BCUT2D eigenvalue weighted by Crippen LogP contribution is 2.24. The fraction of sp³-hybridized carbons (Fsp3) is 0.263. The number of H-pyrrole nitrogens is 1. The van der Waals surface area contributed by atoms with Gasteiger partial charge in [-0.1, -0.05) is 30.3 Å². The molecule has 0 amide bonds. The highest BCUT2D eigenvalue weighted by molar-refractivity contribution is 5.54. The van der Waals surface area contributed by atoms with Gasteiger partial charge < -0.3 is 10.3 Å². The second-order valence-electron chi connectivity index (χ2n) is 6.09. The molecule has 3 aromatic rings. The Morgan fingerprint density at radius 2 is 1.92 bits per heavy atom. The van der Waals surface area contributed by atoms with Crippen molar-refractivity contribution in [3.63, 3.8) is 0 Å². The van der Waals surface area contributed by atoms with Gasteiger partial charge in [-0.25, -0.2) is 4.98 Å². The molecule has 122 valence electrons. The Hall–Kier alpha value is -2.50. The molecule has 4 rings (SSSR count). The molecule has 5 nitrogen and oxygen atoms in total. The van der Waals surface area contributed by atoms with E-state index >= 15 is 0 Å². The van der Waals surface area contributed by atoms with Crippen molar-refractivity contribution in [2.24, 2.45) is 0 Å². The van der Waals surface area contributed by atoms with Crippen LogP contribution in [0.1, 0.15) is 17.3 Å². The third-order valence-corrected chi connectivity index (χ3v) is 4.49. The average Bonchev–Trinajstić information content (AvgIpc) is 3.12. The molecule has 1 aliphatic rings. The van der Waals surface area contributed by atoms with Crippen LogP contribution in [0.3, 0.4) is 0 Å². The second kappa shape index (κ2) is 6.95. The van der Waals surface area contributed by atoms with Crippen LogP contribution in [-0.2, 0) is 6.54 Å². The molecule has 24 heavy (non-hydrogen) atoms. The standard InChI is InChI=1S/C19H21N5/c1-2-4-16(5-3-1)19-22-12-17(23-19)14-24-11-10-21-13-18(24)15-6-8-20-9-7-15/h1-9,12,18,21H,10-11,13-14H2,(H,22,23). The average molecular weight is 319 g/mol. The zero-order valence-electron chi connectivity index (χ0n) is 13.5. The molecule has 1 atom stereocenters.